The number of nitrogens with zero attached hydrogens (tertiary/aromatic N) is 1. The molecule has 0 aliphatic carbocycles. The van der Waals surface area contributed by atoms with E-state index in [0.717, 1.165) is 5.71 Å². The van der Waals surface area contributed by atoms with E-state index in [0.29, 0.717) is 0 Å². The van der Waals surface area contributed by atoms with Crippen molar-refractivity contribution < 1.29 is 0 Å². The van der Waals surface area contributed by atoms with Crippen LogP contribution in [-0.4, -0.2) is 5.71 Å². The van der Waals surface area contributed by atoms with Crippen molar-refractivity contribution in [1.82, 2.24) is 0 Å². The van der Waals surface area contributed by atoms with Gasteiger partial charge in [0.25, 0.3) is 0 Å². The second kappa shape index (κ2) is 11.0. The fourth-order valence-corrected chi connectivity index (χ4v) is 0.245. The molecule has 0 saturated heterocycles. The highest BCUT2D eigenvalue weighted by Gasteiger charge is 1.71. The zero-order valence-electron chi connectivity index (χ0n) is 7.39. The van der Waals surface area contributed by atoms with Gasteiger partial charge in [-0.3, -0.25) is 4.99 Å². The molecule has 0 heterocycles. The maximum atomic E-state index is 3.98. The van der Waals surface area contributed by atoms with Crippen molar-refractivity contribution in [3.8, 4) is 0 Å². The Morgan fingerprint density at radius 3 is 2.20 bits per heavy atom. The monoisotopic (exact) mass is 139 g/mol. The van der Waals surface area contributed by atoms with E-state index in [9.17, 15) is 0 Å². The van der Waals surface area contributed by atoms with E-state index < -0.39 is 0 Å². The molecule has 0 bridgehead atoms. The third-order valence-electron chi connectivity index (χ3n) is 0.723. The molecule has 0 amide bonds. The Balaban J connectivity index is 0. The molecule has 0 radical (unpaired) electrons. The molecule has 10 heavy (non-hydrogen) atoms. The molecule has 0 N–H and O–H groups in total. The van der Waals surface area contributed by atoms with Crippen LogP contribution in [-0.2, 0) is 0 Å². The smallest absolute Gasteiger partial charge is 0.0366 e. The van der Waals surface area contributed by atoms with Crippen molar-refractivity contribution in [1.29, 1.82) is 0 Å². The first-order chi connectivity index (χ1) is 4.81. The third-order valence-corrected chi connectivity index (χ3v) is 0.723. The molecule has 0 fully saturated rings. The quantitative estimate of drug-likeness (QED) is 0.521. The standard InChI is InChI=1S/C7H11N.C2H6/c1-4-6-8-7(3)5-2;1-2/h4-6H,2H2,1,3H3;1-2H3/b6-4-,8-7?;. The van der Waals surface area contributed by atoms with Crippen molar-refractivity contribution in [2.45, 2.75) is 27.7 Å². The summed E-state index contributed by atoms with van der Waals surface area (Å²) in [6.45, 7) is 11.4. The maximum absolute atomic E-state index is 3.98. The van der Waals surface area contributed by atoms with Crippen molar-refractivity contribution in [3.05, 3.63) is 24.9 Å². The Bertz CT molecular complexity index is 121. The lowest BCUT2D eigenvalue weighted by Gasteiger charge is -1.81. The van der Waals surface area contributed by atoms with Gasteiger partial charge in [-0.05, 0) is 19.9 Å². The average molecular weight is 139 g/mol. The van der Waals surface area contributed by atoms with Gasteiger partial charge < -0.3 is 0 Å². The van der Waals surface area contributed by atoms with E-state index in [1.54, 1.807) is 12.3 Å². The second-order valence-electron chi connectivity index (χ2n) is 1.46. The van der Waals surface area contributed by atoms with Gasteiger partial charge in [-0.1, -0.05) is 26.5 Å². The van der Waals surface area contributed by atoms with Crippen LogP contribution in [0, 0.1) is 0 Å². The molecule has 0 saturated carbocycles. The first-order valence-electron chi connectivity index (χ1n) is 3.59. The van der Waals surface area contributed by atoms with E-state index in [1.807, 2.05) is 33.8 Å². The molecule has 0 atom stereocenters. The van der Waals surface area contributed by atoms with Crippen LogP contribution < -0.4 is 0 Å². The van der Waals surface area contributed by atoms with Crippen LogP contribution in [0.25, 0.3) is 0 Å². The lowest BCUT2D eigenvalue weighted by molar-refractivity contribution is 1.50. The van der Waals surface area contributed by atoms with Crippen LogP contribution in [0.1, 0.15) is 27.7 Å². The molecule has 0 aromatic heterocycles. The largest absolute Gasteiger partial charge is 0.262 e. The minimum absolute atomic E-state index is 0.947. The van der Waals surface area contributed by atoms with E-state index in [1.165, 1.54) is 0 Å². The lowest BCUT2D eigenvalue weighted by Crippen LogP contribution is -1.77. The maximum Gasteiger partial charge on any atom is 0.0366 e. The van der Waals surface area contributed by atoms with Crippen LogP contribution in [0.15, 0.2) is 29.9 Å². The minimum atomic E-state index is 0.947. The molecular formula is C9H17N. The lowest BCUT2D eigenvalue weighted by atomic mass is 10.4. The summed E-state index contributed by atoms with van der Waals surface area (Å²) < 4.78 is 0. The molecule has 0 spiro atoms. The average Bonchev–Trinajstić information content (AvgIpc) is 2.04. The van der Waals surface area contributed by atoms with Gasteiger partial charge in [0.2, 0.25) is 0 Å². The minimum Gasteiger partial charge on any atom is -0.262 e. The zero-order chi connectivity index (χ0) is 8.41. The molecule has 0 aliphatic rings. The summed E-state index contributed by atoms with van der Waals surface area (Å²) in [7, 11) is 0. The molecule has 1 nitrogen and oxygen atoms in total. The van der Waals surface area contributed by atoms with Crippen LogP contribution in [0.3, 0.4) is 0 Å². The first-order valence-corrected chi connectivity index (χ1v) is 3.59. The summed E-state index contributed by atoms with van der Waals surface area (Å²) in [6.07, 6.45) is 5.35. The summed E-state index contributed by atoms with van der Waals surface area (Å²) in [5.74, 6) is 0. The normalized spacial score (nSPS) is 10.6. The summed E-state index contributed by atoms with van der Waals surface area (Å²) in [4.78, 5) is 3.98. The topological polar surface area (TPSA) is 12.4 Å². The second-order valence-corrected chi connectivity index (χ2v) is 1.46. The van der Waals surface area contributed by atoms with Gasteiger partial charge >= 0.3 is 0 Å². The van der Waals surface area contributed by atoms with E-state index >= 15 is 0 Å². The van der Waals surface area contributed by atoms with E-state index in [2.05, 4.69) is 11.6 Å². The van der Waals surface area contributed by atoms with Gasteiger partial charge in [0.05, 0.1) is 0 Å². The van der Waals surface area contributed by atoms with E-state index in [4.69, 9.17) is 0 Å². The van der Waals surface area contributed by atoms with Crippen molar-refractivity contribution >= 4 is 5.71 Å². The fourth-order valence-electron chi connectivity index (χ4n) is 0.245. The van der Waals surface area contributed by atoms with Gasteiger partial charge in [-0.15, -0.1) is 0 Å². The number of hydrogen-bond acceptors (Lipinski definition) is 1. The van der Waals surface area contributed by atoms with Crippen molar-refractivity contribution in [2.24, 2.45) is 4.99 Å². The summed E-state index contributed by atoms with van der Waals surface area (Å²) in [6, 6.07) is 0. The molecule has 1 heteroatoms. The number of hydrogen-bond donors (Lipinski definition) is 0. The van der Waals surface area contributed by atoms with Crippen LogP contribution in [0.2, 0.25) is 0 Å². The Morgan fingerprint density at radius 2 is 1.90 bits per heavy atom. The van der Waals surface area contributed by atoms with Crippen LogP contribution in [0.5, 0.6) is 0 Å². The zero-order valence-corrected chi connectivity index (χ0v) is 7.39. The highest BCUT2D eigenvalue weighted by atomic mass is 14.7. The predicted octanol–water partition coefficient (Wildman–Crippen LogP) is 3.19. The number of aliphatic imine (C=N–C) groups is 1. The molecule has 0 aliphatic heterocycles. The van der Waals surface area contributed by atoms with Crippen LogP contribution in [0.4, 0.5) is 0 Å². The Morgan fingerprint density at radius 1 is 1.40 bits per heavy atom. The summed E-state index contributed by atoms with van der Waals surface area (Å²) >= 11 is 0. The molecule has 0 unspecified atom stereocenters. The Labute approximate surface area is 64.2 Å². The van der Waals surface area contributed by atoms with Gasteiger partial charge in [0.1, 0.15) is 0 Å². The highest BCUT2D eigenvalue weighted by molar-refractivity contribution is 5.92. The Hall–Kier alpha value is -0.850. The number of allylic oxidation sites excluding steroid dienone is 2. The molecule has 0 rings (SSSR count). The SMILES string of the molecule is C=CC(C)=N/C=C\C.CC. The third kappa shape index (κ3) is 10.2. The molecule has 0 aromatic rings. The summed E-state index contributed by atoms with van der Waals surface area (Å²) in [5, 5.41) is 0. The predicted molar refractivity (Wildman–Crippen MR) is 49.5 cm³/mol. The van der Waals surface area contributed by atoms with E-state index in [-0.39, 0.29) is 0 Å². The molecule has 0 aromatic carbocycles. The van der Waals surface area contributed by atoms with Crippen molar-refractivity contribution in [3.63, 3.8) is 0 Å². The van der Waals surface area contributed by atoms with Crippen molar-refractivity contribution in [2.75, 3.05) is 0 Å². The molecular weight excluding hydrogens is 122 g/mol. The van der Waals surface area contributed by atoms with Gasteiger partial charge in [-0.2, -0.15) is 0 Å². The van der Waals surface area contributed by atoms with Gasteiger partial charge in [0.15, 0.2) is 0 Å². The summed E-state index contributed by atoms with van der Waals surface area (Å²) in [5.41, 5.74) is 0.947. The molecule has 58 valence electrons. The van der Waals surface area contributed by atoms with Gasteiger partial charge in [-0.25, -0.2) is 0 Å². The van der Waals surface area contributed by atoms with Crippen LogP contribution >= 0.6 is 0 Å². The van der Waals surface area contributed by atoms with Gasteiger partial charge in [0, 0.05) is 11.9 Å². The number of rotatable bonds is 2. The fraction of sp³-hybridized carbons (Fsp3) is 0.444. The Kier molecular flexibility index (Phi) is 13.1. The first kappa shape index (κ1) is 11.9. The highest BCUT2D eigenvalue weighted by Crippen LogP contribution is 1.79.